The lowest BCUT2D eigenvalue weighted by Gasteiger charge is -2.27. The molecular weight excluding hydrogens is 444 g/mol. The van der Waals surface area contributed by atoms with Gasteiger partial charge >= 0.3 is 0 Å². The molecule has 0 aliphatic carbocycles. The van der Waals surface area contributed by atoms with Gasteiger partial charge in [0.1, 0.15) is 16.9 Å². The average Bonchev–Trinajstić information content (AvgIpc) is 3.14. The minimum atomic E-state index is -0.238. The van der Waals surface area contributed by atoms with Gasteiger partial charge in [-0.15, -0.1) is 0 Å². The van der Waals surface area contributed by atoms with E-state index in [2.05, 4.69) is 25.7 Å². The Kier molecular flexibility index (Phi) is 8.74. The summed E-state index contributed by atoms with van der Waals surface area (Å²) in [5.74, 6) is 1.49. The molecule has 0 N–H and O–H groups in total. The van der Waals surface area contributed by atoms with Crippen molar-refractivity contribution >= 4 is 35.0 Å². The molecule has 0 radical (unpaired) electrons. The van der Waals surface area contributed by atoms with E-state index in [0.29, 0.717) is 17.7 Å². The minimum Gasteiger partial charge on any atom is -0.497 e. The predicted octanol–water partition coefficient (Wildman–Crippen LogP) is 6.40. The van der Waals surface area contributed by atoms with Crippen molar-refractivity contribution in [3.05, 3.63) is 47.0 Å². The number of thioether (sulfide) groups is 1. The van der Waals surface area contributed by atoms with E-state index in [1.54, 1.807) is 30.7 Å². The first-order valence-electron chi connectivity index (χ1n) is 11.2. The first-order valence-corrected chi connectivity index (χ1v) is 12.4. The highest BCUT2D eigenvalue weighted by Crippen LogP contribution is 2.54. The van der Waals surface area contributed by atoms with E-state index in [-0.39, 0.29) is 11.3 Å². The quantitative estimate of drug-likeness (QED) is 0.371. The molecule has 0 saturated carbocycles. The van der Waals surface area contributed by atoms with Crippen molar-refractivity contribution in [2.75, 3.05) is 31.7 Å². The summed E-state index contributed by atoms with van der Waals surface area (Å²) >= 11 is 7.82. The van der Waals surface area contributed by atoms with Crippen LogP contribution in [0.25, 0.3) is 0 Å². The minimum absolute atomic E-state index is 0.0236. The highest BCUT2D eigenvalue weighted by atomic mass is 35.5. The number of ether oxygens (including phenoxy) is 2. The number of nitrogens with zero attached hydrogens (tertiary/aromatic N) is 2. The molecule has 1 unspecified atom stereocenters. The van der Waals surface area contributed by atoms with Crippen molar-refractivity contribution in [1.82, 2.24) is 4.90 Å². The molecule has 0 spiro atoms. The number of benzene rings is 2. The molecule has 0 aromatic heterocycles. The molecule has 0 bridgehead atoms. The normalized spacial score (nSPS) is 15.4. The van der Waals surface area contributed by atoms with Gasteiger partial charge in [-0.1, -0.05) is 30.3 Å². The average molecular weight is 477 g/mol. The molecular formula is C25H33ClN2O3S. The van der Waals surface area contributed by atoms with Crippen LogP contribution in [-0.4, -0.2) is 43.7 Å². The predicted molar refractivity (Wildman–Crippen MR) is 133 cm³/mol. The maximum Gasteiger partial charge on any atom is 0.225 e. The van der Waals surface area contributed by atoms with Crippen LogP contribution in [0.2, 0.25) is 5.02 Å². The largest absolute Gasteiger partial charge is 0.497 e. The molecule has 0 saturated heterocycles. The van der Waals surface area contributed by atoms with Crippen LogP contribution in [0.3, 0.4) is 0 Å². The Hall–Kier alpha value is -1.89. The van der Waals surface area contributed by atoms with Crippen molar-refractivity contribution in [3.8, 4) is 11.5 Å². The van der Waals surface area contributed by atoms with Crippen LogP contribution in [0.4, 0.5) is 5.69 Å². The zero-order valence-corrected chi connectivity index (χ0v) is 21.1. The van der Waals surface area contributed by atoms with E-state index in [4.69, 9.17) is 21.1 Å². The number of hydrogen-bond acceptors (Lipinski definition) is 5. The second-order valence-corrected chi connectivity index (χ2v) is 9.77. The van der Waals surface area contributed by atoms with Gasteiger partial charge in [0, 0.05) is 35.0 Å². The van der Waals surface area contributed by atoms with Crippen molar-refractivity contribution in [2.45, 2.75) is 56.8 Å². The Morgan fingerprint density at radius 1 is 1.22 bits per heavy atom. The monoisotopic (exact) mass is 476 g/mol. The number of halogens is 1. The van der Waals surface area contributed by atoms with E-state index in [0.717, 1.165) is 53.6 Å². The topological polar surface area (TPSA) is 42.0 Å². The fourth-order valence-electron chi connectivity index (χ4n) is 3.96. The van der Waals surface area contributed by atoms with E-state index < -0.39 is 0 Å². The van der Waals surface area contributed by atoms with Crippen LogP contribution >= 0.6 is 23.4 Å². The first kappa shape index (κ1) is 24.7. The molecule has 1 aliphatic heterocycles. The molecule has 5 nitrogen and oxygen atoms in total. The van der Waals surface area contributed by atoms with E-state index in [1.165, 1.54) is 0 Å². The van der Waals surface area contributed by atoms with Gasteiger partial charge < -0.3 is 14.4 Å². The van der Waals surface area contributed by atoms with Gasteiger partial charge in [-0.25, -0.2) is 0 Å². The number of carbonyl (C=O) groups is 1. The first-order chi connectivity index (χ1) is 15.3. The molecule has 1 aliphatic rings. The van der Waals surface area contributed by atoms with Gasteiger partial charge in [-0.3, -0.25) is 9.69 Å². The lowest BCUT2D eigenvalue weighted by molar-refractivity contribution is -0.116. The van der Waals surface area contributed by atoms with Crippen LogP contribution in [-0.2, 0) is 4.79 Å². The summed E-state index contributed by atoms with van der Waals surface area (Å²) in [6.45, 7) is 11.0. The zero-order valence-electron chi connectivity index (χ0n) is 19.6. The summed E-state index contributed by atoms with van der Waals surface area (Å²) in [4.78, 5) is 17.9. The van der Waals surface area contributed by atoms with Crippen LogP contribution in [0.1, 0.15) is 51.5 Å². The fourth-order valence-corrected chi connectivity index (χ4v) is 5.60. The lowest BCUT2D eigenvalue weighted by atomic mass is 10.1. The van der Waals surface area contributed by atoms with Gasteiger partial charge in [0.2, 0.25) is 5.91 Å². The van der Waals surface area contributed by atoms with Crippen molar-refractivity contribution in [2.24, 2.45) is 0 Å². The van der Waals surface area contributed by atoms with Crippen molar-refractivity contribution in [3.63, 3.8) is 0 Å². The Morgan fingerprint density at radius 2 is 2.00 bits per heavy atom. The molecule has 174 valence electrons. The Labute approximate surface area is 201 Å². The van der Waals surface area contributed by atoms with E-state index in [1.807, 2.05) is 36.4 Å². The Balaban J connectivity index is 1.81. The molecule has 3 rings (SSSR count). The molecule has 1 amide bonds. The third-order valence-corrected chi connectivity index (χ3v) is 7.07. The number of fused-ring (bicyclic) bond motifs is 1. The fraction of sp³-hybridized carbons (Fsp3) is 0.480. The molecule has 2 aromatic rings. The summed E-state index contributed by atoms with van der Waals surface area (Å²) in [5.41, 5.74) is 1.80. The van der Waals surface area contributed by atoms with Gasteiger partial charge in [0.05, 0.1) is 19.4 Å². The smallest absolute Gasteiger partial charge is 0.225 e. The summed E-state index contributed by atoms with van der Waals surface area (Å²) in [7, 11) is 1.65. The van der Waals surface area contributed by atoms with Crippen LogP contribution in [0, 0.1) is 0 Å². The highest BCUT2D eigenvalue weighted by molar-refractivity contribution is 8.00. The molecule has 1 heterocycles. The maximum atomic E-state index is 12.6. The SMILES string of the molecule is CCCN(CCCOc1ccc(OC)cc1C1Sc2cc(Cl)ccc2N1C(C)=O)C(C)C. The number of hydrogen-bond donors (Lipinski definition) is 0. The third-order valence-electron chi connectivity index (χ3n) is 5.57. The van der Waals surface area contributed by atoms with E-state index in [9.17, 15) is 4.79 Å². The summed E-state index contributed by atoms with van der Waals surface area (Å²) in [5, 5.41) is 0.419. The number of rotatable bonds is 10. The number of amides is 1. The molecule has 2 aromatic carbocycles. The summed E-state index contributed by atoms with van der Waals surface area (Å²) in [6, 6.07) is 12.0. The summed E-state index contributed by atoms with van der Waals surface area (Å²) in [6.07, 6.45) is 2.08. The maximum absolute atomic E-state index is 12.6. The van der Waals surface area contributed by atoms with Crippen molar-refractivity contribution in [1.29, 1.82) is 0 Å². The third kappa shape index (κ3) is 5.72. The van der Waals surface area contributed by atoms with Gasteiger partial charge in [0.15, 0.2) is 0 Å². The van der Waals surface area contributed by atoms with Crippen LogP contribution < -0.4 is 14.4 Å². The standard InChI is InChI=1S/C25H33ClN2O3S/c1-6-12-27(17(2)3)13-7-14-31-23-11-9-20(30-5)16-21(23)25-28(18(4)29)22-10-8-19(26)15-24(22)32-25/h8-11,15-17,25H,6-7,12-14H2,1-5H3. The number of anilines is 1. The Morgan fingerprint density at radius 3 is 2.66 bits per heavy atom. The van der Waals surface area contributed by atoms with Crippen molar-refractivity contribution < 1.29 is 14.3 Å². The summed E-state index contributed by atoms with van der Waals surface area (Å²) < 4.78 is 11.7. The second kappa shape index (κ2) is 11.3. The Bertz CT molecular complexity index is 937. The second-order valence-electron chi connectivity index (χ2n) is 8.21. The molecule has 0 fully saturated rings. The molecule has 32 heavy (non-hydrogen) atoms. The molecule has 7 heteroatoms. The van der Waals surface area contributed by atoms with Gasteiger partial charge in [0.25, 0.3) is 0 Å². The van der Waals surface area contributed by atoms with Crippen LogP contribution in [0.15, 0.2) is 41.3 Å². The van der Waals surface area contributed by atoms with Gasteiger partial charge in [-0.2, -0.15) is 0 Å². The van der Waals surface area contributed by atoms with Crippen LogP contribution in [0.5, 0.6) is 11.5 Å². The lowest BCUT2D eigenvalue weighted by Crippen LogP contribution is -2.33. The zero-order chi connectivity index (χ0) is 23.3. The van der Waals surface area contributed by atoms with E-state index >= 15 is 0 Å². The number of methoxy groups -OCH3 is 1. The van der Waals surface area contributed by atoms with Gasteiger partial charge in [-0.05, 0) is 69.6 Å². The number of carbonyl (C=O) groups excluding carboxylic acids is 1. The highest BCUT2D eigenvalue weighted by Gasteiger charge is 2.36. The molecule has 1 atom stereocenters.